The highest BCUT2D eigenvalue weighted by molar-refractivity contribution is 5.81. The average Bonchev–Trinajstić information content (AvgIpc) is 3.22. The Morgan fingerprint density at radius 2 is 1.84 bits per heavy atom. The van der Waals surface area contributed by atoms with Crippen molar-refractivity contribution in [1.29, 1.82) is 5.26 Å². The maximum Gasteiger partial charge on any atom is 0.311 e. The van der Waals surface area contributed by atoms with Crippen molar-refractivity contribution in [2.75, 3.05) is 13.2 Å². The third kappa shape index (κ3) is 6.22. The van der Waals surface area contributed by atoms with Crippen LogP contribution in [0.25, 0.3) is 11.1 Å². The molecule has 1 heterocycles. The zero-order valence-corrected chi connectivity index (χ0v) is 20.6. The smallest absolute Gasteiger partial charge is 0.311 e. The van der Waals surface area contributed by atoms with Crippen molar-refractivity contribution < 1.29 is 14.5 Å². The monoisotopic (exact) mass is 495 g/mol. The fourth-order valence-corrected chi connectivity index (χ4v) is 4.80. The number of carbonyl (C=O) groups excluding carboxylic acids is 1. The van der Waals surface area contributed by atoms with E-state index in [1.165, 1.54) is 11.6 Å². The molecule has 37 heavy (non-hydrogen) atoms. The molecule has 0 unspecified atom stereocenters. The lowest BCUT2D eigenvalue weighted by atomic mass is 10.0. The molecule has 0 radical (unpaired) electrons. The third-order valence-electron chi connectivity index (χ3n) is 6.72. The summed E-state index contributed by atoms with van der Waals surface area (Å²) in [5.41, 5.74) is 3.04. The molecule has 1 aliphatic rings. The molecule has 1 aliphatic heterocycles. The van der Waals surface area contributed by atoms with E-state index in [0.29, 0.717) is 30.5 Å². The van der Waals surface area contributed by atoms with Crippen LogP contribution in [0.1, 0.15) is 30.4 Å². The van der Waals surface area contributed by atoms with Gasteiger partial charge in [0.25, 0.3) is 0 Å². The fraction of sp³-hybridized carbons (Fsp3) is 0.267. The number of hydrogen-bond acceptors (Lipinski definition) is 5. The number of rotatable bonds is 11. The molecule has 7 heteroatoms. The van der Waals surface area contributed by atoms with Crippen molar-refractivity contribution >= 4 is 11.6 Å². The Balaban J connectivity index is 1.47. The molecule has 0 bridgehead atoms. The van der Waals surface area contributed by atoms with Gasteiger partial charge in [-0.15, -0.1) is 6.58 Å². The predicted molar refractivity (Wildman–Crippen MR) is 142 cm³/mol. The minimum absolute atomic E-state index is 0.0900. The standard InChI is InChI=1S/C30H29N3O4/c1-2-7-26-18-27(32(30(26)34)17-6-10-22-8-4-3-5-9-22)21-37-29-16-15-25(19-28(29)33(35)36)24-13-11-23(20-31)12-14-24/h2-5,8-9,11-16,19,26-27H,1,6-7,10,17-18,21H2/t26-,27+/m1/s1. The minimum atomic E-state index is -0.458. The summed E-state index contributed by atoms with van der Waals surface area (Å²) in [5, 5.41) is 20.8. The van der Waals surface area contributed by atoms with E-state index in [0.717, 1.165) is 18.4 Å². The number of allylic oxidation sites excluding steroid dienone is 1. The van der Waals surface area contributed by atoms with Crippen LogP contribution in [0.15, 0.2) is 85.5 Å². The molecule has 188 valence electrons. The summed E-state index contributed by atoms with van der Waals surface area (Å²) in [7, 11) is 0. The van der Waals surface area contributed by atoms with Crippen molar-refractivity contribution in [3.63, 3.8) is 0 Å². The van der Waals surface area contributed by atoms with Gasteiger partial charge in [-0.3, -0.25) is 14.9 Å². The second kappa shape index (κ2) is 12.0. The topological polar surface area (TPSA) is 96.5 Å². The number of amides is 1. The van der Waals surface area contributed by atoms with Crippen LogP contribution >= 0.6 is 0 Å². The lowest BCUT2D eigenvalue weighted by molar-refractivity contribution is -0.385. The van der Waals surface area contributed by atoms with E-state index in [2.05, 4.69) is 24.8 Å². The average molecular weight is 496 g/mol. The van der Waals surface area contributed by atoms with Crippen LogP contribution in [-0.2, 0) is 11.2 Å². The van der Waals surface area contributed by atoms with Crippen molar-refractivity contribution in [3.05, 3.63) is 107 Å². The Morgan fingerprint density at radius 3 is 2.51 bits per heavy atom. The van der Waals surface area contributed by atoms with Crippen LogP contribution in [0.5, 0.6) is 5.75 Å². The number of nitrogens with zero attached hydrogens (tertiary/aromatic N) is 3. The van der Waals surface area contributed by atoms with Crippen LogP contribution < -0.4 is 4.74 Å². The first-order valence-corrected chi connectivity index (χ1v) is 12.4. The normalized spacial score (nSPS) is 16.8. The molecule has 0 aliphatic carbocycles. The minimum Gasteiger partial charge on any atom is -0.485 e. The summed E-state index contributed by atoms with van der Waals surface area (Å²) in [6.45, 7) is 4.57. The van der Waals surface area contributed by atoms with Gasteiger partial charge in [0.15, 0.2) is 5.75 Å². The van der Waals surface area contributed by atoms with Crippen LogP contribution in [0, 0.1) is 27.4 Å². The van der Waals surface area contributed by atoms with Crippen LogP contribution in [0.4, 0.5) is 5.69 Å². The molecule has 2 atom stereocenters. The summed E-state index contributed by atoms with van der Waals surface area (Å²) in [4.78, 5) is 26.3. The highest BCUT2D eigenvalue weighted by Gasteiger charge is 2.38. The second-order valence-electron chi connectivity index (χ2n) is 9.17. The summed E-state index contributed by atoms with van der Waals surface area (Å²) in [6.07, 6.45) is 4.69. The zero-order valence-electron chi connectivity index (χ0n) is 20.6. The number of nitro groups is 1. The van der Waals surface area contributed by atoms with Crippen LogP contribution in [0.3, 0.4) is 0 Å². The first-order valence-electron chi connectivity index (χ1n) is 12.4. The Bertz CT molecular complexity index is 1300. The molecular weight excluding hydrogens is 466 g/mol. The van der Waals surface area contributed by atoms with Gasteiger partial charge in [-0.2, -0.15) is 5.26 Å². The lowest BCUT2D eigenvalue weighted by Gasteiger charge is -2.25. The van der Waals surface area contributed by atoms with Crippen molar-refractivity contribution in [1.82, 2.24) is 4.90 Å². The first-order chi connectivity index (χ1) is 18.0. The van der Waals surface area contributed by atoms with Gasteiger partial charge in [0.1, 0.15) is 6.61 Å². The van der Waals surface area contributed by atoms with Gasteiger partial charge in [0, 0.05) is 18.5 Å². The summed E-state index contributed by atoms with van der Waals surface area (Å²) < 4.78 is 5.97. The highest BCUT2D eigenvalue weighted by atomic mass is 16.6. The maximum absolute atomic E-state index is 13.1. The number of nitro benzene ring substituents is 1. The van der Waals surface area contributed by atoms with E-state index in [9.17, 15) is 14.9 Å². The van der Waals surface area contributed by atoms with Gasteiger partial charge >= 0.3 is 5.69 Å². The van der Waals surface area contributed by atoms with E-state index in [1.807, 2.05) is 23.1 Å². The van der Waals surface area contributed by atoms with Crippen LogP contribution in [-0.4, -0.2) is 34.9 Å². The summed E-state index contributed by atoms with van der Waals surface area (Å²) in [5.74, 6) is 0.120. The molecule has 4 rings (SSSR count). The molecule has 1 fully saturated rings. The SMILES string of the molecule is C=CC[C@@H]1C[C@@H](COc2ccc(-c3ccc(C#N)cc3)cc2[N+](=O)[O-])N(CCCc2ccccc2)C1=O. The first kappa shape index (κ1) is 25.6. The van der Waals surface area contributed by atoms with E-state index in [-0.39, 0.29) is 35.9 Å². The highest BCUT2D eigenvalue weighted by Crippen LogP contribution is 2.34. The van der Waals surface area contributed by atoms with E-state index < -0.39 is 4.92 Å². The van der Waals surface area contributed by atoms with Gasteiger partial charge in [0.2, 0.25) is 5.91 Å². The Kier molecular flexibility index (Phi) is 8.32. The number of nitriles is 1. The molecule has 0 spiro atoms. The number of ether oxygens (including phenoxy) is 1. The zero-order chi connectivity index (χ0) is 26.2. The Labute approximate surface area is 216 Å². The quantitative estimate of drug-likeness (QED) is 0.186. The molecule has 0 N–H and O–H groups in total. The molecule has 3 aromatic rings. The van der Waals surface area contributed by atoms with E-state index in [4.69, 9.17) is 10.00 Å². The fourth-order valence-electron chi connectivity index (χ4n) is 4.80. The molecular formula is C30H29N3O4. The molecule has 7 nitrogen and oxygen atoms in total. The second-order valence-corrected chi connectivity index (χ2v) is 9.17. The number of hydrogen-bond donors (Lipinski definition) is 0. The molecule has 0 saturated carbocycles. The predicted octanol–water partition coefficient (Wildman–Crippen LogP) is 5.94. The van der Waals surface area contributed by atoms with Crippen LogP contribution in [0.2, 0.25) is 0 Å². The molecule has 1 amide bonds. The van der Waals surface area contributed by atoms with Crippen molar-refractivity contribution in [3.8, 4) is 22.9 Å². The van der Waals surface area contributed by atoms with Gasteiger partial charge < -0.3 is 9.64 Å². The maximum atomic E-state index is 13.1. The van der Waals surface area contributed by atoms with Crippen molar-refractivity contribution in [2.24, 2.45) is 5.92 Å². The number of carbonyl (C=O) groups is 1. The Hall–Kier alpha value is -4.44. The largest absolute Gasteiger partial charge is 0.485 e. The van der Waals surface area contributed by atoms with Gasteiger partial charge in [-0.05, 0) is 60.6 Å². The molecule has 1 saturated heterocycles. The van der Waals surface area contributed by atoms with Gasteiger partial charge in [0.05, 0.1) is 22.6 Å². The molecule has 0 aromatic heterocycles. The number of likely N-dealkylation sites (tertiary alicyclic amines) is 1. The third-order valence-corrected chi connectivity index (χ3v) is 6.72. The summed E-state index contributed by atoms with van der Waals surface area (Å²) in [6, 6.07) is 23.8. The number of benzene rings is 3. The number of aryl methyl sites for hydroxylation is 1. The van der Waals surface area contributed by atoms with Gasteiger partial charge in [-0.25, -0.2) is 0 Å². The van der Waals surface area contributed by atoms with E-state index in [1.54, 1.807) is 42.5 Å². The van der Waals surface area contributed by atoms with Gasteiger partial charge in [-0.1, -0.05) is 54.6 Å². The molecule has 3 aromatic carbocycles. The van der Waals surface area contributed by atoms with E-state index >= 15 is 0 Å². The summed E-state index contributed by atoms with van der Waals surface area (Å²) >= 11 is 0. The van der Waals surface area contributed by atoms with Crippen molar-refractivity contribution in [2.45, 2.75) is 31.7 Å². The lowest BCUT2D eigenvalue weighted by Crippen LogP contribution is -2.38. The Morgan fingerprint density at radius 1 is 1.11 bits per heavy atom.